The molecule has 4 aromatic rings. The van der Waals surface area contributed by atoms with Crippen molar-refractivity contribution in [3.05, 3.63) is 81.0 Å². The Balaban J connectivity index is 1.62. The zero-order valence-electron chi connectivity index (χ0n) is 14.9. The highest BCUT2D eigenvalue weighted by Crippen LogP contribution is 2.32. The van der Waals surface area contributed by atoms with Crippen LogP contribution in [0.15, 0.2) is 63.9 Å². The number of nitrogens with one attached hydrogen (secondary N) is 1. The van der Waals surface area contributed by atoms with Crippen molar-refractivity contribution in [2.45, 2.75) is 17.8 Å². The molecule has 0 bridgehead atoms. The van der Waals surface area contributed by atoms with Crippen molar-refractivity contribution >= 4 is 39.3 Å². The number of aryl methyl sites for hydroxylation is 1. The predicted octanol–water partition coefficient (Wildman–Crippen LogP) is 4.95. The van der Waals surface area contributed by atoms with Crippen molar-refractivity contribution in [3.8, 4) is 11.1 Å². The molecule has 0 saturated carbocycles. The third kappa shape index (κ3) is 3.72. The van der Waals surface area contributed by atoms with Gasteiger partial charge in [-0.15, -0.1) is 11.3 Å². The number of hydrogen-bond acceptors (Lipinski definition) is 5. The molecular formula is C21H16N2O3S2. The fourth-order valence-corrected chi connectivity index (χ4v) is 4.70. The monoisotopic (exact) mass is 408 g/mol. The van der Waals surface area contributed by atoms with Gasteiger partial charge in [-0.1, -0.05) is 53.7 Å². The van der Waals surface area contributed by atoms with Gasteiger partial charge in [0.05, 0.1) is 10.9 Å². The molecule has 5 nitrogen and oxygen atoms in total. The minimum Gasteiger partial charge on any atom is -0.478 e. The van der Waals surface area contributed by atoms with Gasteiger partial charge in [-0.05, 0) is 30.2 Å². The van der Waals surface area contributed by atoms with Crippen LogP contribution in [0, 0.1) is 6.92 Å². The summed E-state index contributed by atoms with van der Waals surface area (Å²) < 4.78 is 0. The van der Waals surface area contributed by atoms with Crippen molar-refractivity contribution in [2.24, 2.45) is 0 Å². The van der Waals surface area contributed by atoms with Gasteiger partial charge >= 0.3 is 5.97 Å². The molecule has 0 fully saturated rings. The Morgan fingerprint density at radius 1 is 1.21 bits per heavy atom. The van der Waals surface area contributed by atoms with Crippen LogP contribution >= 0.6 is 23.1 Å². The number of hydrogen-bond donors (Lipinski definition) is 2. The Morgan fingerprint density at radius 3 is 2.75 bits per heavy atom. The molecule has 0 saturated heterocycles. The van der Waals surface area contributed by atoms with Crippen LogP contribution < -0.4 is 5.56 Å². The summed E-state index contributed by atoms with van der Waals surface area (Å²) in [4.78, 5) is 31.9. The van der Waals surface area contributed by atoms with Gasteiger partial charge in [-0.2, -0.15) is 0 Å². The topological polar surface area (TPSA) is 83.0 Å². The summed E-state index contributed by atoms with van der Waals surface area (Å²) in [6.07, 6.45) is 0. The molecule has 0 aliphatic heterocycles. The lowest BCUT2D eigenvalue weighted by Gasteiger charge is -2.04. The summed E-state index contributed by atoms with van der Waals surface area (Å²) in [7, 11) is 0. The quantitative estimate of drug-likeness (QED) is 0.361. The predicted molar refractivity (Wildman–Crippen MR) is 113 cm³/mol. The molecule has 7 heteroatoms. The number of aromatic amines is 1. The molecule has 4 rings (SSSR count). The van der Waals surface area contributed by atoms with E-state index < -0.39 is 5.97 Å². The first-order valence-electron chi connectivity index (χ1n) is 8.55. The van der Waals surface area contributed by atoms with E-state index in [1.165, 1.54) is 28.7 Å². The van der Waals surface area contributed by atoms with Gasteiger partial charge in [0, 0.05) is 16.7 Å². The van der Waals surface area contributed by atoms with E-state index in [2.05, 4.69) is 9.97 Å². The number of rotatable bonds is 5. The number of aromatic nitrogens is 2. The highest BCUT2D eigenvalue weighted by Gasteiger charge is 2.13. The average Bonchev–Trinajstić information content (AvgIpc) is 3.12. The van der Waals surface area contributed by atoms with Crippen molar-refractivity contribution in [2.75, 3.05) is 0 Å². The summed E-state index contributed by atoms with van der Waals surface area (Å²) in [5.74, 6) is -0.437. The molecule has 0 amide bonds. The van der Waals surface area contributed by atoms with E-state index in [-0.39, 0.29) is 11.1 Å². The van der Waals surface area contributed by atoms with E-state index in [0.717, 1.165) is 16.7 Å². The van der Waals surface area contributed by atoms with Crippen LogP contribution in [0.4, 0.5) is 0 Å². The minimum absolute atomic E-state index is 0.163. The summed E-state index contributed by atoms with van der Waals surface area (Å²) in [6.45, 7) is 2.03. The van der Waals surface area contributed by atoms with Crippen molar-refractivity contribution in [1.82, 2.24) is 9.97 Å². The van der Waals surface area contributed by atoms with Gasteiger partial charge in [0.25, 0.3) is 5.56 Å². The zero-order chi connectivity index (χ0) is 19.7. The second-order valence-electron chi connectivity index (χ2n) is 6.36. The summed E-state index contributed by atoms with van der Waals surface area (Å²) in [5.41, 5.74) is 3.99. The maximum absolute atomic E-state index is 12.7. The number of H-pyrrole nitrogens is 1. The number of thioether (sulfide) groups is 1. The summed E-state index contributed by atoms with van der Waals surface area (Å²) >= 11 is 2.82. The normalized spacial score (nSPS) is 11.0. The lowest BCUT2D eigenvalue weighted by molar-refractivity contribution is 0.0697. The molecule has 2 aromatic heterocycles. The molecule has 2 aromatic carbocycles. The van der Waals surface area contributed by atoms with Gasteiger partial charge in [0.1, 0.15) is 4.83 Å². The van der Waals surface area contributed by atoms with Crippen LogP contribution in [-0.4, -0.2) is 21.0 Å². The fraction of sp³-hybridized carbons (Fsp3) is 0.0952. The molecule has 0 spiro atoms. The smallest absolute Gasteiger partial charge is 0.335 e. The SMILES string of the molecule is Cc1ccc(-c2csc3nc(SCc4cccc(C(=O)O)c4)[nH]c(=O)c23)cc1. The van der Waals surface area contributed by atoms with Crippen molar-refractivity contribution in [1.29, 1.82) is 0 Å². The standard InChI is InChI=1S/C21H16N2O3S2/c1-12-5-7-14(8-6-12)16-11-27-19-17(16)18(24)22-21(23-19)28-10-13-3-2-4-15(9-13)20(25)26/h2-9,11H,10H2,1H3,(H,25,26)(H,22,23,24). The molecule has 0 radical (unpaired) electrons. The van der Waals surface area contributed by atoms with Gasteiger partial charge in [-0.3, -0.25) is 4.79 Å². The number of fused-ring (bicyclic) bond motifs is 1. The summed E-state index contributed by atoms with van der Waals surface area (Å²) in [6, 6.07) is 14.8. The average molecular weight is 409 g/mol. The van der Waals surface area contributed by atoms with Gasteiger partial charge in [-0.25, -0.2) is 9.78 Å². The maximum atomic E-state index is 12.7. The maximum Gasteiger partial charge on any atom is 0.335 e. The van der Waals surface area contributed by atoms with E-state index in [9.17, 15) is 9.59 Å². The molecule has 0 aliphatic rings. The Kier molecular flexibility index (Phi) is 5.02. The van der Waals surface area contributed by atoms with Gasteiger partial charge < -0.3 is 10.1 Å². The first-order valence-corrected chi connectivity index (χ1v) is 10.4. The highest BCUT2D eigenvalue weighted by molar-refractivity contribution is 7.98. The van der Waals surface area contributed by atoms with Crippen LogP contribution in [0.2, 0.25) is 0 Å². The lowest BCUT2D eigenvalue weighted by atomic mass is 10.1. The van der Waals surface area contributed by atoms with Gasteiger partial charge in [0.15, 0.2) is 5.16 Å². The Hall–Kier alpha value is -2.90. The highest BCUT2D eigenvalue weighted by atomic mass is 32.2. The molecular weight excluding hydrogens is 392 g/mol. The van der Waals surface area contributed by atoms with E-state index in [1.54, 1.807) is 18.2 Å². The number of nitrogens with zero attached hydrogens (tertiary/aromatic N) is 1. The Morgan fingerprint density at radius 2 is 2.00 bits per heavy atom. The third-order valence-electron chi connectivity index (χ3n) is 4.33. The molecule has 0 atom stereocenters. The van der Waals surface area contributed by atoms with Crippen LogP contribution in [-0.2, 0) is 5.75 Å². The number of benzene rings is 2. The number of carbonyl (C=O) groups is 1. The molecule has 2 N–H and O–H groups in total. The van der Waals surface area contributed by atoms with E-state index >= 15 is 0 Å². The lowest BCUT2D eigenvalue weighted by Crippen LogP contribution is -2.08. The minimum atomic E-state index is -0.956. The first kappa shape index (κ1) is 18.5. The zero-order valence-corrected chi connectivity index (χ0v) is 16.6. The van der Waals surface area contributed by atoms with E-state index in [4.69, 9.17) is 5.11 Å². The van der Waals surface area contributed by atoms with Crippen molar-refractivity contribution in [3.63, 3.8) is 0 Å². The molecule has 140 valence electrons. The van der Waals surface area contributed by atoms with E-state index in [1.807, 2.05) is 42.6 Å². The van der Waals surface area contributed by atoms with Crippen LogP contribution in [0.3, 0.4) is 0 Å². The van der Waals surface area contributed by atoms with Crippen LogP contribution in [0.25, 0.3) is 21.3 Å². The number of carboxylic acid groups (broad SMARTS) is 1. The van der Waals surface area contributed by atoms with Crippen molar-refractivity contribution < 1.29 is 9.90 Å². The fourth-order valence-electron chi connectivity index (χ4n) is 2.89. The van der Waals surface area contributed by atoms with Crippen LogP contribution in [0.1, 0.15) is 21.5 Å². The van der Waals surface area contributed by atoms with Crippen LogP contribution in [0.5, 0.6) is 0 Å². The molecule has 0 aliphatic carbocycles. The molecule has 28 heavy (non-hydrogen) atoms. The Bertz CT molecular complexity index is 1230. The third-order valence-corrected chi connectivity index (χ3v) is 6.15. The summed E-state index contributed by atoms with van der Waals surface area (Å²) in [5, 5.41) is 12.2. The number of thiophene rings is 1. The second kappa shape index (κ2) is 7.61. The van der Waals surface area contributed by atoms with Gasteiger partial charge in [0.2, 0.25) is 0 Å². The number of carboxylic acids is 1. The molecule has 0 unspecified atom stereocenters. The van der Waals surface area contributed by atoms with E-state index in [0.29, 0.717) is 21.1 Å². The first-order chi connectivity index (χ1) is 13.5. The number of aromatic carboxylic acids is 1. The molecule has 2 heterocycles. The Labute approximate surface area is 169 Å². The second-order valence-corrected chi connectivity index (χ2v) is 8.18. The largest absolute Gasteiger partial charge is 0.478 e.